The van der Waals surface area contributed by atoms with Crippen LogP contribution in [-0.2, 0) is 0 Å². The van der Waals surface area contributed by atoms with E-state index in [1.54, 1.807) is 18.2 Å². The lowest BCUT2D eigenvalue weighted by Gasteiger charge is -1.88. The number of benzene rings is 1. The lowest BCUT2D eigenvalue weighted by atomic mass is 10.2. The van der Waals surface area contributed by atoms with Crippen molar-refractivity contribution in [1.82, 2.24) is 15.2 Å². The third-order valence-corrected chi connectivity index (χ3v) is 2.20. The predicted octanol–water partition coefficient (Wildman–Crippen LogP) is 2.36. The van der Waals surface area contributed by atoms with Gasteiger partial charge < -0.3 is 9.40 Å². The lowest BCUT2D eigenvalue weighted by molar-refractivity contribution is 0.567. The van der Waals surface area contributed by atoms with Crippen LogP contribution in [0.2, 0.25) is 0 Å². The maximum absolute atomic E-state index is 13.4. The molecule has 0 atom stereocenters. The fourth-order valence-corrected chi connectivity index (χ4v) is 1.52. The van der Waals surface area contributed by atoms with Crippen LogP contribution in [-0.4, -0.2) is 15.2 Å². The monoisotopic (exact) mass is 203 g/mol. The molecule has 0 saturated carbocycles. The van der Waals surface area contributed by atoms with Gasteiger partial charge in [0.05, 0.1) is 0 Å². The summed E-state index contributed by atoms with van der Waals surface area (Å²) in [5.74, 6) is 0.0834. The van der Waals surface area contributed by atoms with E-state index < -0.39 is 0 Å². The highest BCUT2D eigenvalue weighted by Crippen LogP contribution is 2.24. The molecule has 4 nitrogen and oxygen atoms in total. The van der Waals surface area contributed by atoms with Crippen LogP contribution < -0.4 is 0 Å². The predicted molar refractivity (Wildman–Crippen MR) is 51.5 cm³/mol. The molecular weight excluding hydrogens is 197 g/mol. The minimum Gasteiger partial charge on any atom is -0.422 e. The van der Waals surface area contributed by atoms with Gasteiger partial charge >= 0.3 is 0 Å². The van der Waals surface area contributed by atoms with Gasteiger partial charge in [-0.25, -0.2) is 4.39 Å². The van der Waals surface area contributed by atoms with E-state index in [4.69, 9.17) is 4.42 Å². The minimum atomic E-state index is -0.269. The number of hydrogen-bond donors (Lipinski definition) is 1. The first-order valence-electron chi connectivity index (χ1n) is 4.38. The molecule has 0 aliphatic heterocycles. The van der Waals surface area contributed by atoms with Gasteiger partial charge in [0.25, 0.3) is 5.89 Å². The molecule has 3 rings (SSSR count). The maximum Gasteiger partial charge on any atom is 0.263 e. The summed E-state index contributed by atoms with van der Waals surface area (Å²) >= 11 is 0. The summed E-state index contributed by atoms with van der Waals surface area (Å²) in [5, 5.41) is 7.82. The molecule has 0 aliphatic rings. The smallest absolute Gasteiger partial charge is 0.263 e. The summed E-state index contributed by atoms with van der Waals surface area (Å²) < 4.78 is 18.4. The van der Waals surface area contributed by atoms with E-state index in [0.29, 0.717) is 22.5 Å². The second kappa shape index (κ2) is 2.91. The molecule has 2 heterocycles. The maximum atomic E-state index is 13.4. The van der Waals surface area contributed by atoms with Crippen molar-refractivity contribution in [2.75, 3.05) is 0 Å². The van der Waals surface area contributed by atoms with Crippen LogP contribution in [0.3, 0.4) is 0 Å². The van der Waals surface area contributed by atoms with Gasteiger partial charge in [-0.05, 0) is 18.2 Å². The van der Waals surface area contributed by atoms with Gasteiger partial charge in [0.15, 0.2) is 0 Å². The lowest BCUT2D eigenvalue weighted by Crippen LogP contribution is -1.75. The number of rotatable bonds is 1. The number of fused-ring (bicyclic) bond motifs is 1. The molecule has 0 aliphatic carbocycles. The minimum absolute atomic E-state index is 0.269. The largest absolute Gasteiger partial charge is 0.422 e. The molecule has 1 aromatic carbocycles. The Hall–Kier alpha value is -2.17. The molecule has 1 N–H and O–H groups in total. The molecule has 2 aromatic heterocycles. The van der Waals surface area contributed by atoms with Gasteiger partial charge in [-0.2, -0.15) is 0 Å². The van der Waals surface area contributed by atoms with Gasteiger partial charge in [0.1, 0.15) is 11.5 Å². The number of H-pyrrole nitrogens is 1. The molecule has 0 unspecified atom stereocenters. The van der Waals surface area contributed by atoms with E-state index >= 15 is 0 Å². The Kier molecular flexibility index (Phi) is 1.58. The Bertz CT molecular complexity index is 600. The van der Waals surface area contributed by atoms with Crippen LogP contribution >= 0.6 is 0 Å². The summed E-state index contributed by atoms with van der Waals surface area (Å²) in [7, 11) is 0. The van der Waals surface area contributed by atoms with Crippen LogP contribution in [0, 0.1) is 5.82 Å². The van der Waals surface area contributed by atoms with Gasteiger partial charge in [-0.1, -0.05) is 6.07 Å². The standard InChI is InChI=1S/C10H6FN3O/c11-7-2-1-3-8-6(7)4-9(13-8)10-14-12-5-15-10/h1-5,13H. The highest BCUT2D eigenvalue weighted by Gasteiger charge is 2.09. The fourth-order valence-electron chi connectivity index (χ4n) is 1.52. The number of aromatic amines is 1. The zero-order valence-electron chi connectivity index (χ0n) is 7.57. The quantitative estimate of drug-likeness (QED) is 0.660. The van der Waals surface area contributed by atoms with E-state index in [1.165, 1.54) is 12.5 Å². The molecule has 3 aromatic rings. The van der Waals surface area contributed by atoms with E-state index in [1.807, 2.05) is 0 Å². The van der Waals surface area contributed by atoms with Crippen molar-refractivity contribution in [1.29, 1.82) is 0 Å². The fraction of sp³-hybridized carbons (Fsp3) is 0. The van der Waals surface area contributed by atoms with Crippen molar-refractivity contribution in [3.8, 4) is 11.6 Å². The van der Waals surface area contributed by atoms with Crippen molar-refractivity contribution in [3.63, 3.8) is 0 Å². The van der Waals surface area contributed by atoms with Crippen LogP contribution in [0.1, 0.15) is 0 Å². The first kappa shape index (κ1) is 8.16. The number of nitrogens with zero attached hydrogens (tertiary/aromatic N) is 2. The number of halogens is 1. The number of hydrogen-bond acceptors (Lipinski definition) is 3. The van der Waals surface area contributed by atoms with Crippen molar-refractivity contribution in [2.45, 2.75) is 0 Å². The first-order valence-corrected chi connectivity index (χ1v) is 4.38. The van der Waals surface area contributed by atoms with Crippen LogP contribution in [0.4, 0.5) is 4.39 Å². The van der Waals surface area contributed by atoms with Crippen molar-refractivity contribution in [2.24, 2.45) is 0 Å². The van der Waals surface area contributed by atoms with Crippen LogP contribution in [0.5, 0.6) is 0 Å². The van der Waals surface area contributed by atoms with Crippen LogP contribution in [0.15, 0.2) is 35.1 Å². The zero-order valence-corrected chi connectivity index (χ0v) is 7.57. The Morgan fingerprint density at radius 3 is 3.00 bits per heavy atom. The molecule has 74 valence electrons. The molecule has 15 heavy (non-hydrogen) atoms. The molecule has 0 amide bonds. The van der Waals surface area contributed by atoms with Gasteiger partial charge in [-0.3, -0.25) is 0 Å². The van der Waals surface area contributed by atoms with Crippen molar-refractivity contribution >= 4 is 10.9 Å². The SMILES string of the molecule is Fc1cccc2[nH]c(-c3nnco3)cc12. The Balaban J connectivity index is 2.27. The average molecular weight is 203 g/mol. The molecule has 0 saturated heterocycles. The molecule has 0 spiro atoms. The van der Waals surface area contributed by atoms with E-state index in [-0.39, 0.29) is 5.82 Å². The van der Waals surface area contributed by atoms with E-state index in [2.05, 4.69) is 15.2 Å². The third-order valence-electron chi connectivity index (χ3n) is 2.20. The molecule has 0 fully saturated rings. The first-order chi connectivity index (χ1) is 7.34. The summed E-state index contributed by atoms with van der Waals surface area (Å²) in [6.45, 7) is 0. The van der Waals surface area contributed by atoms with E-state index in [9.17, 15) is 4.39 Å². The summed E-state index contributed by atoms with van der Waals surface area (Å²) in [4.78, 5) is 3.00. The summed E-state index contributed by atoms with van der Waals surface area (Å²) in [6, 6.07) is 6.50. The van der Waals surface area contributed by atoms with Gasteiger partial charge in [-0.15, -0.1) is 10.2 Å². The summed E-state index contributed by atoms with van der Waals surface area (Å²) in [6.07, 6.45) is 1.23. The second-order valence-corrected chi connectivity index (χ2v) is 3.13. The number of aromatic nitrogens is 3. The topological polar surface area (TPSA) is 54.7 Å². The van der Waals surface area contributed by atoms with Crippen molar-refractivity contribution in [3.05, 3.63) is 36.5 Å². The van der Waals surface area contributed by atoms with Gasteiger partial charge in [0, 0.05) is 10.9 Å². The summed E-state index contributed by atoms with van der Waals surface area (Å²) in [5.41, 5.74) is 1.33. The number of nitrogens with one attached hydrogen (secondary N) is 1. The molecular formula is C10H6FN3O. The second-order valence-electron chi connectivity index (χ2n) is 3.13. The highest BCUT2D eigenvalue weighted by atomic mass is 19.1. The molecule has 0 bridgehead atoms. The van der Waals surface area contributed by atoms with E-state index in [0.717, 1.165) is 0 Å². The van der Waals surface area contributed by atoms with Crippen molar-refractivity contribution < 1.29 is 8.81 Å². The Morgan fingerprint density at radius 2 is 2.27 bits per heavy atom. The zero-order chi connectivity index (χ0) is 10.3. The van der Waals surface area contributed by atoms with Gasteiger partial charge in [0.2, 0.25) is 6.39 Å². The molecule has 0 radical (unpaired) electrons. The highest BCUT2D eigenvalue weighted by molar-refractivity contribution is 5.84. The Labute approximate surface area is 83.7 Å². The van der Waals surface area contributed by atoms with Crippen LogP contribution in [0.25, 0.3) is 22.5 Å². The molecule has 5 heteroatoms. The Morgan fingerprint density at radius 1 is 1.33 bits per heavy atom. The third kappa shape index (κ3) is 1.20. The normalized spacial score (nSPS) is 11.0. The average Bonchev–Trinajstić information content (AvgIpc) is 2.86.